The molecule has 66 valence electrons. The van der Waals surface area contributed by atoms with E-state index in [0.29, 0.717) is 6.61 Å². The van der Waals surface area contributed by atoms with Crippen molar-refractivity contribution in [3.63, 3.8) is 0 Å². The minimum Gasteiger partial charge on any atom is -0.499 e. The molecule has 0 aliphatic heterocycles. The van der Waals surface area contributed by atoms with Crippen LogP contribution in [0.5, 0.6) is 0 Å². The third kappa shape index (κ3) is 7.40. The van der Waals surface area contributed by atoms with E-state index < -0.39 is 0 Å². The molecule has 0 saturated carbocycles. The predicted molar refractivity (Wildman–Crippen MR) is 46.3 cm³/mol. The van der Waals surface area contributed by atoms with Gasteiger partial charge in [-0.05, 0) is 6.42 Å². The number of unbranched alkanes of at least 4 members (excludes halogenated alkanes) is 2. The summed E-state index contributed by atoms with van der Waals surface area (Å²) in [6, 6.07) is 0. The van der Waals surface area contributed by atoms with Crippen molar-refractivity contribution in [2.24, 2.45) is 0 Å². The van der Waals surface area contributed by atoms with Crippen molar-refractivity contribution >= 4 is 0 Å². The zero-order valence-electron chi connectivity index (χ0n) is 7.25. The first kappa shape index (κ1) is 10.5. The van der Waals surface area contributed by atoms with Crippen LogP contribution >= 0.6 is 0 Å². The largest absolute Gasteiger partial charge is 0.499 e. The Morgan fingerprint density at radius 3 is 2.82 bits per heavy atom. The fourth-order valence-corrected chi connectivity index (χ4v) is 0.892. The van der Waals surface area contributed by atoms with Crippen LogP contribution in [0.15, 0.2) is 12.8 Å². The molecule has 0 saturated heterocycles. The highest BCUT2D eigenvalue weighted by molar-refractivity contribution is 4.57. The summed E-state index contributed by atoms with van der Waals surface area (Å²) in [7, 11) is 0. The van der Waals surface area contributed by atoms with Crippen LogP contribution in [0.1, 0.15) is 32.6 Å². The van der Waals surface area contributed by atoms with Gasteiger partial charge in [-0.1, -0.05) is 32.8 Å². The Hall–Kier alpha value is -0.500. The van der Waals surface area contributed by atoms with Crippen LogP contribution < -0.4 is 0 Å². The lowest BCUT2D eigenvalue weighted by Gasteiger charge is -2.08. The molecule has 0 fully saturated rings. The summed E-state index contributed by atoms with van der Waals surface area (Å²) in [5.41, 5.74) is 0. The van der Waals surface area contributed by atoms with Gasteiger partial charge in [-0.15, -0.1) is 0 Å². The first-order valence-electron chi connectivity index (χ1n) is 4.21. The fourth-order valence-electron chi connectivity index (χ4n) is 0.892. The monoisotopic (exact) mass is 158 g/mol. The Bertz CT molecular complexity index is 91.6. The van der Waals surface area contributed by atoms with Crippen molar-refractivity contribution in [2.75, 3.05) is 6.61 Å². The lowest BCUT2D eigenvalue weighted by molar-refractivity contribution is 0.0763. The molecule has 0 aromatic heterocycles. The molecule has 0 aromatic carbocycles. The quantitative estimate of drug-likeness (QED) is 0.454. The smallest absolute Gasteiger partial charge is 0.113 e. The van der Waals surface area contributed by atoms with Crippen molar-refractivity contribution in [3.05, 3.63) is 12.8 Å². The molecule has 0 heterocycles. The van der Waals surface area contributed by atoms with Gasteiger partial charge in [0.2, 0.25) is 0 Å². The van der Waals surface area contributed by atoms with E-state index in [1.165, 1.54) is 19.1 Å². The van der Waals surface area contributed by atoms with Crippen LogP contribution in [-0.2, 0) is 4.74 Å². The average Bonchev–Trinajstić information content (AvgIpc) is 2.01. The van der Waals surface area contributed by atoms with E-state index in [4.69, 9.17) is 4.74 Å². The second-order valence-corrected chi connectivity index (χ2v) is 2.65. The number of hydrogen-bond acceptors (Lipinski definition) is 2. The molecular formula is C9H18O2. The minimum atomic E-state index is -0.320. The van der Waals surface area contributed by atoms with E-state index in [2.05, 4.69) is 13.5 Å². The Labute approximate surface area is 68.9 Å². The number of ether oxygens (including phenoxy) is 1. The second-order valence-electron chi connectivity index (χ2n) is 2.65. The molecule has 2 nitrogen and oxygen atoms in total. The zero-order chi connectivity index (χ0) is 8.53. The number of hydrogen-bond donors (Lipinski definition) is 1. The lowest BCUT2D eigenvalue weighted by Crippen LogP contribution is -2.12. The summed E-state index contributed by atoms with van der Waals surface area (Å²) in [4.78, 5) is 0. The molecule has 0 aliphatic carbocycles. The maximum Gasteiger partial charge on any atom is 0.113 e. The average molecular weight is 158 g/mol. The van der Waals surface area contributed by atoms with Gasteiger partial charge < -0.3 is 9.84 Å². The highest BCUT2D eigenvalue weighted by Gasteiger charge is 2.01. The molecule has 0 spiro atoms. The van der Waals surface area contributed by atoms with Gasteiger partial charge in [-0.3, -0.25) is 0 Å². The summed E-state index contributed by atoms with van der Waals surface area (Å²) in [5, 5.41) is 9.23. The van der Waals surface area contributed by atoms with Crippen molar-refractivity contribution in [2.45, 2.75) is 38.7 Å². The maximum absolute atomic E-state index is 9.23. The van der Waals surface area contributed by atoms with Gasteiger partial charge in [0.1, 0.15) is 6.61 Å². The van der Waals surface area contributed by atoms with Gasteiger partial charge in [-0.25, -0.2) is 0 Å². The molecule has 0 radical (unpaired) electrons. The van der Waals surface area contributed by atoms with Crippen LogP contribution in [-0.4, -0.2) is 17.8 Å². The van der Waals surface area contributed by atoms with Crippen molar-refractivity contribution in [1.82, 2.24) is 0 Å². The van der Waals surface area contributed by atoms with Gasteiger partial charge in [-0.2, -0.15) is 0 Å². The molecule has 0 bridgehead atoms. The molecule has 2 heteroatoms. The van der Waals surface area contributed by atoms with Gasteiger partial charge in [0.15, 0.2) is 0 Å². The van der Waals surface area contributed by atoms with Crippen LogP contribution in [0.25, 0.3) is 0 Å². The third-order valence-corrected chi connectivity index (χ3v) is 1.55. The number of rotatable bonds is 7. The molecule has 0 amide bonds. The Kier molecular flexibility index (Phi) is 7.26. The minimum absolute atomic E-state index is 0.320. The van der Waals surface area contributed by atoms with Crippen LogP contribution in [0.4, 0.5) is 0 Å². The number of aliphatic hydroxyl groups excluding tert-OH is 1. The summed E-state index contributed by atoms with van der Waals surface area (Å²) in [6.45, 7) is 5.92. The standard InChI is InChI=1S/C9H18O2/c1-3-5-6-7-9(10)8-11-4-2/h4,9-10H,2-3,5-8H2,1H3. The first-order valence-corrected chi connectivity index (χ1v) is 4.21. The van der Waals surface area contributed by atoms with Crippen molar-refractivity contribution < 1.29 is 9.84 Å². The zero-order valence-corrected chi connectivity index (χ0v) is 7.25. The Balaban J connectivity index is 3.08. The molecule has 0 aliphatic rings. The fraction of sp³-hybridized carbons (Fsp3) is 0.778. The molecular weight excluding hydrogens is 140 g/mol. The first-order chi connectivity index (χ1) is 5.31. The number of aliphatic hydroxyl groups is 1. The van der Waals surface area contributed by atoms with E-state index in [1.54, 1.807) is 0 Å². The van der Waals surface area contributed by atoms with Gasteiger partial charge >= 0.3 is 0 Å². The maximum atomic E-state index is 9.23. The van der Waals surface area contributed by atoms with Crippen LogP contribution in [0.3, 0.4) is 0 Å². The normalized spacial score (nSPS) is 12.5. The second kappa shape index (κ2) is 7.61. The van der Waals surface area contributed by atoms with Gasteiger partial charge in [0.05, 0.1) is 12.4 Å². The highest BCUT2D eigenvalue weighted by atomic mass is 16.5. The molecule has 0 aromatic rings. The molecule has 1 N–H and O–H groups in total. The van der Waals surface area contributed by atoms with Crippen LogP contribution in [0, 0.1) is 0 Å². The molecule has 1 unspecified atom stereocenters. The van der Waals surface area contributed by atoms with E-state index in [0.717, 1.165) is 12.8 Å². The van der Waals surface area contributed by atoms with Gasteiger partial charge in [0.25, 0.3) is 0 Å². The summed E-state index contributed by atoms with van der Waals surface area (Å²) < 4.78 is 4.84. The summed E-state index contributed by atoms with van der Waals surface area (Å²) in [5.74, 6) is 0. The predicted octanol–water partition coefficient (Wildman–Crippen LogP) is 2.09. The van der Waals surface area contributed by atoms with E-state index in [-0.39, 0.29) is 6.10 Å². The summed E-state index contributed by atoms with van der Waals surface area (Å²) in [6.07, 6.45) is 5.34. The topological polar surface area (TPSA) is 29.5 Å². The van der Waals surface area contributed by atoms with Crippen molar-refractivity contribution in [3.8, 4) is 0 Å². The molecule has 11 heavy (non-hydrogen) atoms. The van der Waals surface area contributed by atoms with E-state index in [9.17, 15) is 5.11 Å². The third-order valence-electron chi connectivity index (χ3n) is 1.55. The van der Waals surface area contributed by atoms with Gasteiger partial charge in [0, 0.05) is 0 Å². The highest BCUT2D eigenvalue weighted by Crippen LogP contribution is 2.03. The SMILES string of the molecule is C=COCC(O)CCCCC. The van der Waals surface area contributed by atoms with E-state index in [1.807, 2.05) is 0 Å². The summed E-state index contributed by atoms with van der Waals surface area (Å²) >= 11 is 0. The molecule has 1 atom stereocenters. The van der Waals surface area contributed by atoms with Crippen molar-refractivity contribution in [1.29, 1.82) is 0 Å². The Morgan fingerprint density at radius 1 is 1.55 bits per heavy atom. The molecule has 0 rings (SSSR count). The van der Waals surface area contributed by atoms with Crippen LogP contribution in [0.2, 0.25) is 0 Å². The van der Waals surface area contributed by atoms with E-state index >= 15 is 0 Å². The lowest BCUT2D eigenvalue weighted by atomic mass is 10.1. The Morgan fingerprint density at radius 2 is 2.27 bits per heavy atom.